The molecule has 1 aromatic heterocycles. The minimum atomic E-state index is -0.629. The number of ether oxygens (including phenoxy) is 1. The normalized spacial score (nSPS) is 12.5. The molecule has 1 rings (SSSR count). The van der Waals surface area contributed by atoms with Crippen LogP contribution in [0.25, 0.3) is 0 Å². The molecule has 0 aromatic carbocycles. The number of nitrogens with zero attached hydrogens (tertiary/aromatic N) is 2. The Morgan fingerprint density at radius 2 is 2.50 bits per heavy atom. The lowest BCUT2D eigenvalue weighted by Crippen LogP contribution is -2.35. The summed E-state index contributed by atoms with van der Waals surface area (Å²) in [5.41, 5.74) is 5.64. The van der Waals surface area contributed by atoms with Crippen molar-refractivity contribution >= 4 is 5.97 Å². The fourth-order valence-corrected chi connectivity index (χ4v) is 1.12. The van der Waals surface area contributed by atoms with E-state index in [0.29, 0.717) is 13.0 Å². The molecule has 0 amide bonds. The Labute approximate surface area is 82.9 Å². The third kappa shape index (κ3) is 2.56. The van der Waals surface area contributed by atoms with Crippen LogP contribution >= 0.6 is 0 Å². The number of rotatable bonds is 4. The molecular formula is C9H15N3O2. The molecule has 5 nitrogen and oxygen atoms in total. The molecule has 0 radical (unpaired) electrons. The van der Waals surface area contributed by atoms with E-state index in [1.807, 2.05) is 17.8 Å². The maximum atomic E-state index is 11.2. The van der Waals surface area contributed by atoms with Crippen LogP contribution in [0.1, 0.15) is 12.7 Å². The number of carbonyl (C=O) groups is 1. The van der Waals surface area contributed by atoms with Gasteiger partial charge >= 0.3 is 5.97 Å². The molecule has 14 heavy (non-hydrogen) atoms. The van der Waals surface area contributed by atoms with Crippen molar-refractivity contribution in [3.05, 3.63) is 18.2 Å². The Kier molecular flexibility index (Phi) is 3.64. The van der Waals surface area contributed by atoms with Crippen LogP contribution in [0.2, 0.25) is 0 Å². The zero-order valence-corrected chi connectivity index (χ0v) is 8.43. The maximum absolute atomic E-state index is 11.2. The highest BCUT2D eigenvalue weighted by Gasteiger charge is 2.16. The number of hydrogen-bond acceptors (Lipinski definition) is 4. The van der Waals surface area contributed by atoms with Crippen molar-refractivity contribution in [1.82, 2.24) is 9.55 Å². The Bertz CT molecular complexity index is 309. The highest BCUT2D eigenvalue weighted by molar-refractivity contribution is 5.75. The Balaban J connectivity index is 2.52. The summed E-state index contributed by atoms with van der Waals surface area (Å²) in [7, 11) is 1.86. The predicted octanol–water partition coefficient (Wildman–Crippen LogP) is -0.147. The summed E-state index contributed by atoms with van der Waals surface area (Å²) in [5, 5.41) is 0. The molecule has 0 bridgehead atoms. The molecule has 1 heterocycles. The van der Waals surface area contributed by atoms with Crippen LogP contribution in [0.4, 0.5) is 0 Å². The molecular weight excluding hydrogens is 182 g/mol. The van der Waals surface area contributed by atoms with Gasteiger partial charge in [0, 0.05) is 25.9 Å². The van der Waals surface area contributed by atoms with Crippen LogP contribution in [-0.2, 0) is 23.0 Å². The third-order valence-electron chi connectivity index (χ3n) is 1.91. The minimum Gasteiger partial charge on any atom is -0.465 e. The number of esters is 1. The first-order valence-corrected chi connectivity index (χ1v) is 4.53. The Morgan fingerprint density at radius 3 is 3.00 bits per heavy atom. The smallest absolute Gasteiger partial charge is 0.323 e. The van der Waals surface area contributed by atoms with Gasteiger partial charge in [-0.1, -0.05) is 0 Å². The van der Waals surface area contributed by atoms with Gasteiger partial charge in [-0.05, 0) is 6.92 Å². The van der Waals surface area contributed by atoms with E-state index in [1.54, 1.807) is 13.1 Å². The topological polar surface area (TPSA) is 70.1 Å². The van der Waals surface area contributed by atoms with Gasteiger partial charge < -0.3 is 15.0 Å². The van der Waals surface area contributed by atoms with Gasteiger partial charge in [-0.15, -0.1) is 0 Å². The van der Waals surface area contributed by atoms with Gasteiger partial charge in [-0.25, -0.2) is 4.98 Å². The summed E-state index contributed by atoms with van der Waals surface area (Å²) < 4.78 is 6.62. The van der Waals surface area contributed by atoms with E-state index in [4.69, 9.17) is 10.5 Å². The minimum absolute atomic E-state index is 0.354. The second-order valence-corrected chi connectivity index (χ2v) is 3.02. The van der Waals surface area contributed by atoms with E-state index in [0.717, 1.165) is 5.82 Å². The molecule has 2 N–H and O–H groups in total. The fourth-order valence-electron chi connectivity index (χ4n) is 1.12. The van der Waals surface area contributed by atoms with Crippen LogP contribution in [-0.4, -0.2) is 28.2 Å². The standard InChI is InChI=1S/C9H15N3O2/c1-3-14-9(13)7(10)6-8-11-4-5-12(8)2/h4-5,7H,3,6,10H2,1-2H3. The van der Waals surface area contributed by atoms with Crippen molar-refractivity contribution in [3.63, 3.8) is 0 Å². The second kappa shape index (κ2) is 4.76. The summed E-state index contributed by atoms with van der Waals surface area (Å²) in [5.74, 6) is 0.404. The molecule has 0 spiro atoms. The van der Waals surface area contributed by atoms with Gasteiger partial charge in [0.05, 0.1) is 6.61 Å². The first kappa shape index (κ1) is 10.7. The van der Waals surface area contributed by atoms with E-state index in [9.17, 15) is 4.79 Å². The second-order valence-electron chi connectivity index (χ2n) is 3.02. The number of carbonyl (C=O) groups excluding carboxylic acids is 1. The highest BCUT2D eigenvalue weighted by atomic mass is 16.5. The molecule has 1 atom stereocenters. The van der Waals surface area contributed by atoms with Crippen LogP contribution in [0, 0.1) is 0 Å². The molecule has 78 valence electrons. The van der Waals surface area contributed by atoms with Gasteiger partial charge in [0.1, 0.15) is 11.9 Å². The average molecular weight is 197 g/mol. The van der Waals surface area contributed by atoms with Crippen molar-refractivity contribution in [3.8, 4) is 0 Å². The SMILES string of the molecule is CCOC(=O)C(N)Cc1nccn1C. The lowest BCUT2D eigenvalue weighted by Gasteiger charge is -2.09. The lowest BCUT2D eigenvalue weighted by molar-refractivity contribution is -0.144. The monoisotopic (exact) mass is 197 g/mol. The maximum Gasteiger partial charge on any atom is 0.323 e. The van der Waals surface area contributed by atoms with Crippen LogP contribution in [0.5, 0.6) is 0 Å². The molecule has 0 saturated heterocycles. The highest BCUT2D eigenvalue weighted by Crippen LogP contribution is 1.99. The van der Waals surface area contributed by atoms with Crippen molar-refractivity contribution in [2.75, 3.05) is 6.61 Å². The van der Waals surface area contributed by atoms with Crippen LogP contribution < -0.4 is 5.73 Å². The zero-order valence-electron chi connectivity index (χ0n) is 8.43. The Hall–Kier alpha value is -1.36. The Morgan fingerprint density at radius 1 is 1.79 bits per heavy atom. The van der Waals surface area contributed by atoms with Gasteiger partial charge in [0.15, 0.2) is 0 Å². The van der Waals surface area contributed by atoms with E-state index < -0.39 is 6.04 Å². The summed E-state index contributed by atoms with van der Waals surface area (Å²) in [6, 6.07) is -0.629. The van der Waals surface area contributed by atoms with Gasteiger partial charge in [0.25, 0.3) is 0 Å². The van der Waals surface area contributed by atoms with Crippen molar-refractivity contribution < 1.29 is 9.53 Å². The molecule has 1 unspecified atom stereocenters. The fraction of sp³-hybridized carbons (Fsp3) is 0.556. The number of hydrogen-bond donors (Lipinski definition) is 1. The molecule has 0 aliphatic heterocycles. The van der Waals surface area contributed by atoms with Crippen molar-refractivity contribution in [2.45, 2.75) is 19.4 Å². The van der Waals surface area contributed by atoms with E-state index in [2.05, 4.69) is 4.98 Å². The molecule has 5 heteroatoms. The number of imidazole rings is 1. The third-order valence-corrected chi connectivity index (χ3v) is 1.91. The van der Waals surface area contributed by atoms with E-state index in [1.165, 1.54) is 0 Å². The lowest BCUT2D eigenvalue weighted by atomic mass is 10.2. The van der Waals surface area contributed by atoms with Crippen LogP contribution in [0.3, 0.4) is 0 Å². The molecule has 1 aromatic rings. The summed E-state index contributed by atoms with van der Waals surface area (Å²) in [4.78, 5) is 15.3. The number of nitrogens with two attached hydrogens (primary N) is 1. The summed E-state index contributed by atoms with van der Waals surface area (Å²) in [6.07, 6.45) is 3.89. The van der Waals surface area contributed by atoms with Gasteiger partial charge in [-0.2, -0.15) is 0 Å². The quantitative estimate of drug-likeness (QED) is 0.682. The number of aromatic nitrogens is 2. The summed E-state index contributed by atoms with van der Waals surface area (Å²) >= 11 is 0. The molecule has 0 aliphatic rings. The summed E-state index contributed by atoms with van der Waals surface area (Å²) in [6.45, 7) is 2.11. The first-order chi connectivity index (χ1) is 6.65. The molecule has 0 aliphatic carbocycles. The van der Waals surface area contributed by atoms with Gasteiger partial charge in [0.2, 0.25) is 0 Å². The molecule has 0 saturated carbocycles. The molecule has 0 fully saturated rings. The van der Waals surface area contributed by atoms with Crippen LogP contribution in [0.15, 0.2) is 12.4 Å². The zero-order chi connectivity index (χ0) is 10.6. The average Bonchev–Trinajstić information content (AvgIpc) is 2.52. The van der Waals surface area contributed by atoms with Crippen molar-refractivity contribution in [1.29, 1.82) is 0 Å². The first-order valence-electron chi connectivity index (χ1n) is 4.53. The van der Waals surface area contributed by atoms with Gasteiger partial charge in [-0.3, -0.25) is 4.79 Å². The predicted molar refractivity (Wildman–Crippen MR) is 51.5 cm³/mol. The van der Waals surface area contributed by atoms with E-state index in [-0.39, 0.29) is 5.97 Å². The van der Waals surface area contributed by atoms with E-state index >= 15 is 0 Å². The van der Waals surface area contributed by atoms with Crippen molar-refractivity contribution in [2.24, 2.45) is 12.8 Å². The largest absolute Gasteiger partial charge is 0.465 e. The number of aryl methyl sites for hydroxylation is 1.